The number of unbranched alkanes of at least 4 members (excludes halogenated alkanes) is 2. The van der Waals surface area contributed by atoms with Crippen molar-refractivity contribution in [1.29, 1.82) is 0 Å². The van der Waals surface area contributed by atoms with E-state index >= 15 is 0 Å². The largest absolute Gasteiger partial charge is 0.543 e. The zero-order valence-corrected chi connectivity index (χ0v) is 19.7. The van der Waals surface area contributed by atoms with Gasteiger partial charge in [-0.05, 0) is 67.6 Å². The first-order valence-electron chi connectivity index (χ1n) is 10.7. The van der Waals surface area contributed by atoms with Gasteiger partial charge in [0.05, 0.1) is 0 Å². The fourth-order valence-corrected chi connectivity index (χ4v) is 4.47. The van der Waals surface area contributed by atoms with Crippen molar-refractivity contribution in [3.05, 3.63) is 41.5 Å². The molecule has 0 N–H and O–H groups in total. The lowest BCUT2D eigenvalue weighted by Gasteiger charge is -2.38. The molecule has 1 fully saturated rings. The topological polar surface area (TPSA) is 18.5 Å². The SMILES string of the molecule is CCCC/C=C\C1(c2cc(C)cc(O[Si](C)(C)C(C)(C)C)c2)CCOCC1. The Morgan fingerprint density at radius 1 is 1.15 bits per heavy atom. The van der Waals surface area contributed by atoms with Crippen LogP contribution in [0, 0.1) is 6.92 Å². The lowest BCUT2D eigenvalue weighted by Crippen LogP contribution is -2.44. The molecule has 0 unspecified atom stereocenters. The molecule has 0 bridgehead atoms. The van der Waals surface area contributed by atoms with Crippen molar-refractivity contribution < 1.29 is 9.16 Å². The van der Waals surface area contributed by atoms with E-state index in [1.54, 1.807) is 0 Å². The van der Waals surface area contributed by atoms with E-state index in [1.165, 1.54) is 24.0 Å². The molecule has 3 heteroatoms. The van der Waals surface area contributed by atoms with Crippen LogP contribution in [0.5, 0.6) is 5.75 Å². The molecule has 1 heterocycles. The van der Waals surface area contributed by atoms with Gasteiger partial charge in [0.1, 0.15) is 5.75 Å². The minimum absolute atomic E-state index is 0.0869. The summed E-state index contributed by atoms with van der Waals surface area (Å²) in [6.07, 6.45) is 10.6. The molecule has 0 atom stereocenters. The Bertz CT molecular complexity index is 634. The van der Waals surface area contributed by atoms with Crippen LogP contribution in [0.25, 0.3) is 0 Å². The Labute approximate surface area is 168 Å². The van der Waals surface area contributed by atoms with Crippen LogP contribution in [-0.2, 0) is 10.2 Å². The van der Waals surface area contributed by atoms with Gasteiger partial charge < -0.3 is 9.16 Å². The second kappa shape index (κ2) is 8.96. The van der Waals surface area contributed by atoms with Crippen LogP contribution in [-0.4, -0.2) is 21.5 Å². The summed E-state index contributed by atoms with van der Waals surface area (Å²) >= 11 is 0. The number of rotatable bonds is 7. The van der Waals surface area contributed by atoms with Gasteiger partial charge in [-0.15, -0.1) is 0 Å². The summed E-state index contributed by atoms with van der Waals surface area (Å²) in [5, 5.41) is 0.202. The van der Waals surface area contributed by atoms with Gasteiger partial charge in [-0.2, -0.15) is 0 Å². The molecule has 27 heavy (non-hydrogen) atoms. The number of hydrogen-bond donors (Lipinski definition) is 0. The Morgan fingerprint density at radius 2 is 1.81 bits per heavy atom. The summed E-state index contributed by atoms with van der Waals surface area (Å²) < 4.78 is 12.4. The lowest BCUT2D eigenvalue weighted by molar-refractivity contribution is 0.0652. The molecule has 1 saturated heterocycles. The molecule has 0 aromatic heterocycles. The molecule has 1 aliphatic heterocycles. The van der Waals surface area contributed by atoms with Crippen molar-refractivity contribution in [1.82, 2.24) is 0 Å². The normalized spacial score (nSPS) is 18.0. The van der Waals surface area contributed by atoms with Gasteiger partial charge in [0.25, 0.3) is 0 Å². The van der Waals surface area contributed by atoms with Crippen molar-refractivity contribution in [2.75, 3.05) is 13.2 Å². The molecule has 0 radical (unpaired) electrons. The van der Waals surface area contributed by atoms with Crippen LogP contribution in [0.1, 0.15) is 70.9 Å². The maximum Gasteiger partial charge on any atom is 0.250 e. The molecule has 1 aromatic rings. The highest BCUT2D eigenvalue weighted by Crippen LogP contribution is 2.41. The number of benzene rings is 1. The van der Waals surface area contributed by atoms with Crippen molar-refractivity contribution in [3.8, 4) is 5.75 Å². The Balaban J connectivity index is 2.36. The minimum Gasteiger partial charge on any atom is -0.543 e. The summed E-state index contributed by atoms with van der Waals surface area (Å²) in [6, 6.07) is 6.87. The van der Waals surface area contributed by atoms with Gasteiger partial charge in [-0.25, -0.2) is 0 Å². The summed E-state index contributed by atoms with van der Waals surface area (Å²) in [5.41, 5.74) is 2.77. The van der Waals surface area contributed by atoms with Crippen molar-refractivity contribution >= 4 is 8.32 Å². The summed E-state index contributed by atoms with van der Waals surface area (Å²) in [5.74, 6) is 1.05. The molecular formula is C24H40O2Si. The zero-order valence-electron chi connectivity index (χ0n) is 18.7. The van der Waals surface area contributed by atoms with Gasteiger partial charge in [0.15, 0.2) is 0 Å². The number of ether oxygens (including phenoxy) is 1. The molecule has 0 aliphatic carbocycles. The average molecular weight is 389 g/mol. The van der Waals surface area contributed by atoms with Crippen molar-refractivity contribution in [2.45, 2.75) is 90.3 Å². The Kier molecular flexibility index (Phi) is 7.38. The fraction of sp³-hybridized carbons (Fsp3) is 0.667. The Hall–Kier alpha value is -1.06. The van der Waals surface area contributed by atoms with Crippen molar-refractivity contribution in [2.24, 2.45) is 0 Å². The molecular weight excluding hydrogens is 348 g/mol. The van der Waals surface area contributed by atoms with Gasteiger partial charge in [-0.3, -0.25) is 0 Å². The first kappa shape index (κ1) is 22.2. The van der Waals surface area contributed by atoms with Crippen LogP contribution < -0.4 is 4.43 Å². The highest BCUT2D eigenvalue weighted by Gasteiger charge is 2.39. The summed E-state index contributed by atoms with van der Waals surface area (Å²) in [4.78, 5) is 0. The molecule has 2 rings (SSSR count). The first-order valence-corrected chi connectivity index (χ1v) is 13.6. The third kappa shape index (κ3) is 5.71. The monoisotopic (exact) mass is 388 g/mol. The second-order valence-electron chi connectivity index (χ2n) is 9.71. The number of allylic oxidation sites excluding steroid dienone is 2. The lowest BCUT2D eigenvalue weighted by atomic mass is 9.73. The smallest absolute Gasteiger partial charge is 0.250 e. The van der Waals surface area contributed by atoms with E-state index in [1.807, 2.05) is 0 Å². The summed E-state index contributed by atoms with van der Waals surface area (Å²) in [7, 11) is -1.84. The fourth-order valence-electron chi connectivity index (χ4n) is 3.46. The van der Waals surface area contributed by atoms with Gasteiger partial charge in [0, 0.05) is 18.6 Å². The molecule has 0 saturated carbocycles. The predicted molar refractivity (Wildman–Crippen MR) is 119 cm³/mol. The summed E-state index contributed by atoms with van der Waals surface area (Å²) in [6.45, 7) is 17.7. The Morgan fingerprint density at radius 3 is 2.41 bits per heavy atom. The first-order chi connectivity index (χ1) is 12.6. The van der Waals surface area contributed by atoms with E-state index in [2.05, 4.69) is 78.1 Å². The predicted octanol–water partition coefficient (Wildman–Crippen LogP) is 7.17. The van der Waals surface area contributed by atoms with E-state index in [0.29, 0.717) is 0 Å². The third-order valence-corrected chi connectivity index (χ3v) is 10.7. The van der Waals surface area contributed by atoms with E-state index in [9.17, 15) is 0 Å². The number of hydrogen-bond acceptors (Lipinski definition) is 2. The molecule has 2 nitrogen and oxygen atoms in total. The standard InChI is InChI=1S/C24H40O2Si/c1-8-9-10-11-12-24(13-15-25-16-14-24)21-17-20(2)18-22(19-21)26-27(6,7)23(3,4)5/h11-12,17-19H,8-10,13-16H2,1-7H3/b12-11-. The van der Waals surface area contributed by atoms with Crippen LogP contribution in [0.15, 0.2) is 30.4 Å². The average Bonchev–Trinajstić information content (AvgIpc) is 2.58. The van der Waals surface area contributed by atoms with Crippen LogP contribution >= 0.6 is 0 Å². The van der Waals surface area contributed by atoms with E-state index in [-0.39, 0.29) is 10.5 Å². The highest BCUT2D eigenvalue weighted by molar-refractivity contribution is 6.74. The van der Waals surface area contributed by atoms with Crippen LogP contribution in [0.4, 0.5) is 0 Å². The molecule has 0 amide bonds. The third-order valence-electron chi connectivity index (χ3n) is 6.35. The molecule has 1 aromatic carbocycles. The molecule has 1 aliphatic rings. The highest BCUT2D eigenvalue weighted by atomic mass is 28.4. The van der Waals surface area contributed by atoms with Crippen LogP contribution in [0.3, 0.4) is 0 Å². The zero-order chi connectivity index (χ0) is 20.1. The van der Waals surface area contributed by atoms with E-state index in [4.69, 9.17) is 9.16 Å². The van der Waals surface area contributed by atoms with Crippen LogP contribution in [0.2, 0.25) is 18.1 Å². The maximum absolute atomic E-state index is 6.65. The van der Waals surface area contributed by atoms with Gasteiger partial charge in [-0.1, -0.05) is 58.8 Å². The van der Waals surface area contributed by atoms with Crippen molar-refractivity contribution in [3.63, 3.8) is 0 Å². The maximum atomic E-state index is 6.65. The minimum atomic E-state index is -1.84. The van der Waals surface area contributed by atoms with Gasteiger partial charge >= 0.3 is 0 Å². The quantitative estimate of drug-likeness (QED) is 0.280. The van der Waals surface area contributed by atoms with Gasteiger partial charge in [0.2, 0.25) is 8.32 Å². The number of aryl methyl sites for hydroxylation is 1. The second-order valence-corrected chi connectivity index (χ2v) is 14.4. The molecule has 152 valence electrons. The van der Waals surface area contributed by atoms with E-state index < -0.39 is 8.32 Å². The van der Waals surface area contributed by atoms with E-state index in [0.717, 1.165) is 38.2 Å². The molecule has 0 spiro atoms.